The Morgan fingerprint density at radius 1 is 1.18 bits per heavy atom. The molecule has 0 atom stereocenters. The summed E-state index contributed by atoms with van der Waals surface area (Å²) in [4.78, 5) is 11.3. The highest BCUT2D eigenvalue weighted by Gasteiger charge is 2.19. The van der Waals surface area contributed by atoms with E-state index in [1.54, 1.807) is 0 Å². The number of aryl methyl sites for hydroxylation is 2. The van der Waals surface area contributed by atoms with E-state index in [0.29, 0.717) is 6.04 Å². The summed E-state index contributed by atoms with van der Waals surface area (Å²) in [5.74, 6) is 2.28. The minimum absolute atomic E-state index is 0. The van der Waals surface area contributed by atoms with Gasteiger partial charge in [-0.2, -0.15) is 10.1 Å². The van der Waals surface area contributed by atoms with Gasteiger partial charge < -0.3 is 16.0 Å². The normalized spacial score (nSPS) is 15.5. The van der Waals surface area contributed by atoms with Gasteiger partial charge in [0.15, 0.2) is 5.82 Å². The van der Waals surface area contributed by atoms with Gasteiger partial charge in [-0.3, -0.25) is 5.10 Å². The van der Waals surface area contributed by atoms with Crippen LogP contribution in [0.3, 0.4) is 0 Å². The molecule has 0 unspecified atom stereocenters. The van der Waals surface area contributed by atoms with E-state index in [9.17, 15) is 0 Å². The van der Waals surface area contributed by atoms with Crippen LogP contribution in [-0.2, 0) is 0 Å². The molecule has 0 aliphatic carbocycles. The van der Waals surface area contributed by atoms with E-state index < -0.39 is 0 Å². The van der Waals surface area contributed by atoms with Crippen LogP contribution >= 0.6 is 12.4 Å². The minimum Gasteiger partial charge on any atom is -0.341 e. The first-order chi connectivity index (χ1) is 10.1. The summed E-state index contributed by atoms with van der Waals surface area (Å²) < 4.78 is 0. The van der Waals surface area contributed by atoms with Crippen LogP contribution in [0.15, 0.2) is 12.1 Å². The van der Waals surface area contributed by atoms with Crippen molar-refractivity contribution in [3.05, 3.63) is 23.5 Å². The fourth-order valence-electron chi connectivity index (χ4n) is 2.47. The Morgan fingerprint density at radius 3 is 2.55 bits per heavy atom. The van der Waals surface area contributed by atoms with Crippen LogP contribution in [0.1, 0.15) is 24.2 Å². The van der Waals surface area contributed by atoms with E-state index in [1.165, 1.54) is 0 Å². The maximum Gasteiger partial charge on any atom is 0.227 e. The second kappa shape index (κ2) is 6.93. The lowest BCUT2D eigenvalue weighted by atomic mass is 10.1. The van der Waals surface area contributed by atoms with Crippen molar-refractivity contribution >= 4 is 30.0 Å². The zero-order valence-electron chi connectivity index (χ0n) is 12.8. The fraction of sp³-hybridized carbons (Fsp3) is 0.500. The molecule has 120 valence electrons. The van der Waals surface area contributed by atoms with Crippen molar-refractivity contribution in [2.45, 2.75) is 32.7 Å². The van der Waals surface area contributed by atoms with Crippen LogP contribution in [0.2, 0.25) is 0 Å². The molecule has 3 heterocycles. The monoisotopic (exact) mass is 323 g/mol. The fourth-order valence-corrected chi connectivity index (χ4v) is 2.47. The van der Waals surface area contributed by atoms with Gasteiger partial charge in [0.1, 0.15) is 5.82 Å². The molecule has 7 nitrogen and oxygen atoms in total. The van der Waals surface area contributed by atoms with Gasteiger partial charge in [0.2, 0.25) is 5.95 Å². The second-order valence-corrected chi connectivity index (χ2v) is 5.58. The lowest BCUT2D eigenvalue weighted by Gasteiger charge is -2.30. The molecule has 22 heavy (non-hydrogen) atoms. The van der Waals surface area contributed by atoms with Gasteiger partial charge in [-0.05, 0) is 26.7 Å². The van der Waals surface area contributed by atoms with Crippen molar-refractivity contribution in [1.82, 2.24) is 20.2 Å². The van der Waals surface area contributed by atoms with Gasteiger partial charge in [-0.1, -0.05) is 0 Å². The number of anilines is 3. The number of rotatable bonds is 3. The van der Waals surface area contributed by atoms with Gasteiger partial charge in [0, 0.05) is 42.7 Å². The Morgan fingerprint density at radius 2 is 1.91 bits per heavy atom. The van der Waals surface area contributed by atoms with E-state index in [-0.39, 0.29) is 12.4 Å². The number of nitrogens with one attached hydrogen (secondary N) is 2. The summed E-state index contributed by atoms with van der Waals surface area (Å²) in [5.41, 5.74) is 7.89. The van der Waals surface area contributed by atoms with E-state index >= 15 is 0 Å². The first kappa shape index (κ1) is 16.5. The number of aromatic nitrogens is 4. The Labute approximate surface area is 136 Å². The highest BCUT2D eigenvalue weighted by Crippen LogP contribution is 2.20. The van der Waals surface area contributed by atoms with Crippen molar-refractivity contribution in [2.75, 3.05) is 23.3 Å². The maximum atomic E-state index is 5.95. The van der Waals surface area contributed by atoms with Crippen LogP contribution in [0.4, 0.5) is 17.6 Å². The Balaban J connectivity index is 0.00000176. The molecule has 0 radical (unpaired) electrons. The summed E-state index contributed by atoms with van der Waals surface area (Å²) in [6, 6.07) is 4.16. The predicted molar refractivity (Wildman–Crippen MR) is 90.0 cm³/mol. The number of nitrogens with zero attached hydrogens (tertiary/aromatic N) is 4. The third-order valence-electron chi connectivity index (χ3n) is 3.63. The zero-order valence-corrected chi connectivity index (χ0v) is 13.7. The standard InChI is InChI=1S/C14H21N7.ClH/c1-9-7-12(17-13-8-10(2)19-20-13)18-14(16-9)21-5-3-11(15)4-6-21;/h7-8,11H,3-6,15H2,1-2H3,(H2,16,17,18,19,20);1H. The van der Waals surface area contributed by atoms with Crippen LogP contribution in [-0.4, -0.2) is 39.3 Å². The molecule has 3 rings (SSSR count). The Bertz CT molecular complexity index is 619. The number of hydrogen-bond acceptors (Lipinski definition) is 6. The number of piperidine rings is 1. The average molecular weight is 324 g/mol. The largest absolute Gasteiger partial charge is 0.341 e. The summed E-state index contributed by atoms with van der Waals surface area (Å²) in [6.07, 6.45) is 1.97. The second-order valence-electron chi connectivity index (χ2n) is 5.58. The molecule has 0 aromatic carbocycles. The van der Waals surface area contributed by atoms with Crippen LogP contribution < -0.4 is 16.0 Å². The summed E-state index contributed by atoms with van der Waals surface area (Å²) in [6.45, 7) is 5.75. The molecule has 0 amide bonds. The maximum absolute atomic E-state index is 5.95. The molecule has 2 aromatic heterocycles. The highest BCUT2D eigenvalue weighted by molar-refractivity contribution is 5.85. The number of aromatic amines is 1. The molecular weight excluding hydrogens is 302 g/mol. The van der Waals surface area contributed by atoms with E-state index in [1.807, 2.05) is 26.0 Å². The highest BCUT2D eigenvalue weighted by atomic mass is 35.5. The minimum atomic E-state index is 0. The molecule has 1 aliphatic rings. The smallest absolute Gasteiger partial charge is 0.227 e. The van der Waals surface area contributed by atoms with E-state index in [2.05, 4.69) is 30.4 Å². The van der Waals surface area contributed by atoms with Crippen molar-refractivity contribution in [3.63, 3.8) is 0 Å². The van der Waals surface area contributed by atoms with Gasteiger partial charge in [-0.15, -0.1) is 12.4 Å². The molecule has 1 aliphatic heterocycles. The topological polar surface area (TPSA) is 95.8 Å². The third kappa shape index (κ3) is 3.86. The van der Waals surface area contributed by atoms with Crippen LogP contribution in [0, 0.1) is 13.8 Å². The SMILES string of the molecule is Cc1cc(Nc2cc(C)[nH]n2)nc(N2CCC(N)CC2)n1.Cl. The number of hydrogen-bond donors (Lipinski definition) is 3. The van der Waals surface area contributed by atoms with Crippen molar-refractivity contribution in [2.24, 2.45) is 5.73 Å². The predicted octanol–water partition coefficient (Wildman–Crippen LogP) is 1.91. The first-order valence-corrected chi connectivity index (χ1v) is 7.25. The zero-order chi connectivity index (χ0) is 14.8. The summed E-state index contributed by atoms with van der Waals surface area (Å²) in [5, 5.41) is 10.3. The average Bonchev–Trinajstić information content (AvgIpc) is 2.84. The molecule has 0 saturated carbocycles. The lowest BCUT2D eigenvalue weighted by molar-refractivity contribution is 0.495. The van der Waals surface area contributed by atoms with Gasteiger partial charge >= 0.3 is 0 Å². The first-order valence-electron chi connectivity index (χ1n) is 7.25. The Hall–Kier alpha value is -1.86. The molecule has 4 N–H and O–H groups in total. The molecule has 0 bridgehead atoms. The summed E-state index contributed by atoms with van der Waals surface area (Å²) in [7, 11) is 0. The quantitative estimate of drug-likeness (QED) is 0.798. The van der Waals surface area contributed by atoms with Gasteiger partial charge in [0.05, 0.1) is 0 Å². The van der Waals surface area contributed by atoms with Gasteiger partial charge in [0.25, 0.3) is 0 Å². The number of nitrogens with two attached hydrogens (primary N) is 1. The van der Waals surface area contributed by atoms with Crippen LogP contribution in [0.25, 0.3) is 0 Å². The van der Waals surface area contributed by atoms with Crippen LogP contribution in [0.5, 0.6) is 0 Å². The third-order valence-corrected chi connectivity index (χ3v) is 3.63. The van der Waals surface area contributed by atoms with E-state index in [0.717, 1.165) is 54.9 Å². The van der Waals surface area contributed by atoms with Crippen molar-refractivity contribution in [3.8, 4) is 0 Å². The lowest BCUT2D eigenvalue weighted by Crippen LogP contribution is -2.40. The number of H-pyrrole nitrogens is 1. The molecule has 1 fully saturated rings. The van der Waals surface area contributed by atoms with E-state index in [4.69, 9.17) is 5.73 Å². The number of halogens is 1. The summed E-state index contributed by atoms with van der Waals surface area (Å²) >= 11 is 0. The Kier molecular flexibility index (Phi) is 5.20. The molecule has 1 saturated heterocycles. The molecule has 0 spiro atoms. The van der Waals surface area contributed by atoms with Crippen molar-refractivity contribution in [1.29, 1.82) is 0 Å². The molecule has 2 aromatic rings. The van der Waals surface area contributed by atoms with Gasteiger partial charge in [-0.25, -0.2) is 4.98 Å². The molecular formula is C14H22ClN7. The molecule has 8 heteroatoms. The van der Waals surface area contributed by atoms with Crippen molar-refractivity contribution < 1.29 is 0 Å².